The second kappa shape index (κ2) is 14.6. The van der Waals surface area contributed by atoms with Gasteiger partial charge < -0.3 is 36.2 Å². The quantitative estimate of drug-likeness (QED) is 0.236. The lowest BCUT2D eigenvalue weighted by Gasteiger charge is -2.28. The fourth-order valence-corrected chi connectivity index (χ4v) is 6.54. The maximum atomic E-state index is 12.2. The zero-order valence-corrected chi connectivity index (χ0v) is 22.4. The van der Waals surface area contributed by atoms with Gasteiger partial charge in [-0.3, -0.25) is 4.79 Å². The second-order valence-corrected chi connectivity index (χ2v) is 14.2. The lowest BCUT2D eigenvalue weighted by Crippen LogP contribution is -2.44. The van der Waals surface area contributed by atoms with Gasteiger partial charge in [-0.2, -0.15) is 0 Å². The number of nitrogens with zero attached hydrogens (tertiary/aromatic N) is 1. The minimum absolute atomic E-state index is 0.198. The highest BCUT2D eigenvalue weighted by molar-refractivity contribution is 6.60. The number of carbonyl (C=O) groups excluding carboxylic acids is 1. The van der Waals surface area contributed by atoms with E-state index in [0.29, 0.717) is 25.1 Å². The van der Waals surface area contributed by atoms with Crippen molar-refractivity contribution in [2.45, 2.75) is 57.7 Å². The minimum atomic E-state index is -2.61. The Morgan fingerprint density at radius 3 is 1.37 bits per heavy atom. The molecule has 0 unspecified atom stereocenters. The van der Waals surface area contributed by atoms with Crippen molar-refractivity contribution in [3.8, 4) is 0 Å². The molecule has 0 saturated carbocycles. The number of ether oxygens (including phenoxy) is 1. The van der Waals surface area contributed by atoms with Crippen molar-refractivity contribution in [3.63, 3.8) is 0 Å². The average molecular weight is 470 g/mol. The molecule has 0 aromatic rings. The number of hydrogen-bond acceptors (Lipinski definition) is 9. The highest BCUT2D eigenvalue weighted by Crippen LogP contribution is 2.18. The average Bonchev–Trinajstić information content (AvgIpc) is 2.71. The third-order valence-electron chi connectivity index (χ3n) is 4.83. The Bertz CT molecular complexity index is 425. The molecule has 0 aliphatic carbocycles. The maximum Gasteiger partial charge on any atom is 0.500 e. The molecule has 0 aromatic carbocycles. The van der Waals surface area contributed by atoms with Crippen LogP contribution in [0.2, 0.25) is 12.1 Å². The van der Waals surface area contributed by atoms with Crippen LogP contribution in [0.4, 0.5) is 0 Å². The Kier molecular flexibility index (Phi) is 14.5. The van der Waals surface area contributed by atoms with Gasteiger partial charge in [0.2, 0.25) is 0 Å². The van der Waals surface area contributed by atoms with Crippen LogP contribution < -0.4 is 0 Å². The normalized spacial score (nSPS) is 13.1. The van der Waals surface area contributed by atoms with Gasteiger partial charge in [-0.15, -0.1) is 0 Å². The minimum Gasteiger partial charge on any atom is -0.460 e. The molecule has 180 valence electrons. The van der Waals surface area contributed by atoms with Crippen LogP contribution in [-0.4, -0.2) is 96.4 Å². The van der Waals surface area contributed by atoms with E-state index in [9.17, 15) is 4.79 Å². The molecular formula is C19H43NO8Si2. The fraction of sp³-hybridized carbons (Fsp3) is 0.947. The van der Waals surface area contributed by atoms with Crippen LogP contribution >= 0.6 is 0 Å². The van der Waals surface area contributed by atoms with Crippen LogP contribution in [0.5, 0.6) is 0 Å². The summed E-state index contributed by atoms with van der Waals surface area (Å²) in [5, 5.41) is 0. The highest BCUT2D eigenvalue weighted by atomic mass is 28.4. The van der Waals surface area contributed by atoms with Gasteiger partial charge in [0.1, 0.15) is 5.60 Å². The van der Waals surface area contributed by atoms with Crippen molar-refractivity contribution in [2.75, 3.05) is 62.3 Å². The summed E-state index contributed by atoms with van der Waals surface area (Å²) in [7, 11) is 4.47. The van der Waals surface area contributed by atoms with Gasteiger partial charge in [0.05, 0.1) is 6.42 Å². The Hall–Kier alpha value is -0.376. The summed E-state index contributed by atoms with van der Waals surface area (Å²) in [6.07, 6.45) is 2.00. The van der Waals surface area contributed by atoms with Crippen LogP contribution in [-0.2, 0) is 36.1 Å². The summed E-state index contributed by atoms with van der Waals surface area (Å²) in [6.45, 7) is 7.80. The Balaban J connectivity index is 4.85. The molecule has 0 heterocycles. The van der Waals surface area contributed by atoms with E-state index < -0.39 is 23.2 Å². The number of esters is 1. The SMILES string of the molecule is CO[Si](CCCN(CCC[Si](OC)(OC)OC)CCC(=O)OC(C)(C)C)(OC)OC. The summed E-state index contributed by atoms with van der Waals surface area (Å²) in [5.74, 6) is -0.198. The van der Waals surface area contributed by atoms with Crippen LogP contribution in [0.3, 0.4) is 0 Å². The van der Waals surface area contributed by atoms with Crippen LogP contribution in [0.1, 0.15) is 40.0 Å². The zero-order valence-electron chi connectivity index (χ0n) is 20.4. The first-order valence-corrected chi connectivity index (χ1v) is 14.2. The van der Waals surface area contributed by atoms with Gasteiger partial charge in [-0.25, -0.2) is 0 Å². The van der Waals surface area contributed by atoms with E-state index in [4.69, 9.17) is 31.3 Å². The molecule has 0 fully saturated rings. The number of carbonyl (C=O) groups is 1. The number of hydrogen-bond donors (Lipinski definition) is 0. The van der Waals surface area contributed by atoms with Gasteiger partial charge in [-0.05, 0) is 46.7 Å². The highest BCUT2D eigenvalue weighted by Gasteiger charge is 2.38. The molecule has 0 radical (unpaired) electrons. The van der Waals surface area contributed by atoms with Gasteiger partial charge in [0.15, 0.2) is 0 Å². The standard InChI is InChI=1S/C19H43NO8Si2/c1-19(2,3)28-18(21)12-15-20(13-10-16-29(22-4,23-5)24-6)14-11-17-30(25-7,26-8)27-9/h10-17H2,1-9H3. The second-order valence-electron chi connectivity index (χ2n) is 7.98. The predicted octanol–water partition coefficient (Wildman–Crippen LogP) is 2.56. The Labute approximate surface area is 185 Å². The first-order valence-electron chi connectivity index (χ1n) is 10.3. The van der Waals surface area contributed by atoms with E-state index in [0.717, 1.165) is 25.9 Å². The maximum absolute atomic E-state index is 12.2. The monoisotopic (exact) mass is 469 g/mol. The summed E-state index contributed by atoms with van der Waals surface area (Å²) < 4.78 is 38.4. The van der Waals surface area contributed by atoms with Crippen molar-refractivity contribution in [1.82, 2.24) is 4.90 Å². The summed E-state index contributed by atoms with van der Waals surface area (Å²) in [4.78, 5) is 14.4. The molecule has 11 heteroatoms. The first kappa shape index (κ1) is 29.6. The van der Waals surface area contributed by atoms with E-state index >= 15 is 0 Å². The van der Waals surface area contributed by atoms with Gasteiger partial charge >= 0.3 is 23.6 Å². The van der Waals surface area contributed by atoms with Gasteiger partial charge in [-0.1, -0.05) is 0 Å². The topological polar surface area (TPSA) is 84.9 Å². The summed E-state index contributed by atoms with van der Waals surface area (Å²) in [6, 6.07) is 1.40. The molecule has 0 spiro atoms. The molecule has 0 aliphatic heterocycles. The van der Waals surface area contributed by atoms with E-state index in [-0.39, 0.29) is 5.97 Å². The third-order valence-corrected chi connectivity index (χ3v) is 10.5. The Morgan fingerprint density at radius 2 is 1.07 bits per heavy atom. The van der Waals surface area contributed by atoms with Crippen LogP contribution in [0, 0.1) is 0 Å². The first-order chi connectivity index (χ1) is 14.0. The van der Waals surface area contributed by atoms with E-state index in [1.54, 1.807) is 42.7 Å². The molecule has 0 aromatic heterocycles. The van der Waals surface area contributed by atoms with Crippen molar-refractivity contribution >= 4 is 23.6 Å². The van der Waals surface area contributed by atoms with Crippen molar-refractivity contribution in [3.05, 3.63) is 0 Å². The van der Waals surface area contributed by atoms with Gasteiger partial charge in [0.25, 0.3) is 0 Å². The lowest BCUT2D eigenvalue weighted by molar-refractivity contribution is -0.155. The summed E-state index contributed by atoms with van der Waals surface area (Å²) >= 11 is 0. The molecular weight excluding hydrogens is 426 g/mol. The van der Waals surface area contributed by atoms with E-state index in [2.05, 4.69) is 4.90 Å². The number of rotatable bonds is 17. The third kappa shape index (κ3) is 11.3. The molecule has 9 nitrogen and oxygen atoms in total. The molecule has 0 N–H and O–H groups in total. The predicted molar refractivity (Wildman–Crippen MR) is 119 cm³/mol. The molecule has 0 atom stereocenters. The zero-order chi connectivity index (χ0) is 23.3. The molecule has 0 saturated heterocycles. The molecule has 30 heavy (non-hydrogen) atoms. The smallest absolute Gasteiger partial charge is 0.460 e. The van der Waals surface area contributed by atoms with Crippen LogP contribution in [0.25, 0.3) is 0 Å². The molecule has 0 amide bonds. The molecule has 0 bridgehead atoms. The molecule has 0 aliphatic rings. The largest absolute Gasteiger partial charge is 0.500 e. The molecule has 0 rings (SSSR count). The summed E-state index contributed by atoms with van der Waals surface area (Å²) in [5.41, 5.74) is -0.483. The van der Waals surface area contributed by atoms with Crippen molar-refractivity contribution in [1.29, 1.82) is 0 Å². The van der Waals surface area contributed by atoms with Crippen LogP contribution in [0.15, 0.2) is 0 Å². The van der Waals surface area contributed by atoms with Crippen molar-refractivity contribution < 1.29 is 36.1 Å². The van der Waals surface area contributed by atoms with E-state index in [1.165, 1.54) is 0 Å². The van der Waals surface area contributed by atoms with Gasteiger partial charge in [0, 0.05) is 61.3 Å². The lowest BCUT2D eigenvalue weighted by atomic mass is 10.2. The fourth-order valence-electron chi connectivity index (χ4n) is 3.13. The Morgan fingerprint density at radius 1 is 0.700 bits per heavy atom. The van der Waals surface area contributed by atoms with Crippen molar-refractivity contribution in [2.24, 2.45) is 0 Å². The van der Waals surface area contributed by atoms with E-state index in [1.807, 2.05) is 20.8 Å².